The molecule has 1 saturated heterocycles. The maximum atomic E-state index is 12.4. The number of amides is 1. The van der Waals surface area contributed by atoms with Crippen LogP contribution in [-0.2, 0) is 11.3 Å². The maximum absolute atomic E-state index is 12.4. The quantitative estimate of drug-likeness (QED) is 0.657. The highest BCUT2D eigenvalue weighted by molar-refractivity contribution is 5.76. The van der Waals surface area contributed by atoms with Gasteiger partial charge in [0.2, 0.25) is 17.7 Å². The first-order valence-corrected chi connectivity index (χ1v) is 9.50. The van der Waals surface area contributed by atoms with Gasteiger partial charge in [-0.3, -0.25) is 14.0 Å². The lowest BCUT2D eigenvalue weighted by molar-refractivity contribution is -0.131. The summed E-state index contributed by atoms with van der Waals surface area (Å²) in [6.07, 6.45) is 8.36. The fourth-order valence-electron chi connectivity index (χ4n) is 3.47. The molecule has 3 aromatic heterocycles. The molecule has 0 spiro atoms. The van der Waals surface area contributed by atoms with Gasteiger partial charge in [-0.05, 0) is 12.3 Å². The van der Waals surface area contributed by atoms with E-state index in [9.17, 15) is 15.0 Å². The molecule has 1 atom stereocenters. The molecule has 0 bridgehead atoms. The molecule has 1 unspecified atom stereocenters. The standard InChI is InChI=1S/C19H23N7O3/c1-12(2)16-17(22-19(23-18(16)29)25-6-4-20-11-25)13-7-21-26(8-13)10-15(28)24-5-3-14(27)9-24/h4,6-8,11-12,14,27H,3,5,9-10H2,1-2H3,(H,22,23,29). The Bertz CT molecular complexity index is 1010. The van der Waals surface area contributed by atoms with E-state index in [0.29, 0.717) is 42.3 Å². The zero-order valence-electron chi connectivity index (χ0n) is 16.3. The van der Waals surface area contributed by atoms with Crippen LogP contribution in [0.4, 0.5) is 0 Å². The molecule has 1 amide bonds. The Balaban J connectivity index is 1.65. The topological polar surface area (TPSA) is 122 Å². The largest absolute Gasteiger partial charge is 0.493 e. The first-order chi connectivity index (χ1) is 13.9. The number of aromatic nitrogens is 6. The molecule has 2 N–H and O–H groups in total. The van der Waals surface area contributed by atoms with Crippen molar-refractivity contribution in [1.82, 2.24) is 34.2 Å². The van der Waals surface area contributed by atoms with E-state index < -0.39 is 6.10 Å². The molecule has 0 aliphatic carbocycles. The van der Waals surface area contributed by atoms with Gasteiger partial charge in [-0.2, -0.15) is 10.1 Å². The highest BCUT2D eigenvalue weighted by Gasteiger charge is 2.25. The summed E-state index contributed by atoms with van der Waals surface area (Å²) < 4.78 is 3.16. The molecule has 3 aromatic rings. The lowest BCUT2D eigenvalue weighted by atomic mass is 9.99. The van der Waals surface area contributed by atoms with Gasteiger partial charge in [-0.25, -0.2) is 9.97 Å². The predicted octanol–water partition coefficient (Wildman–Crippen LogP) is 0.948. The third-order valence-electron chi connectivity index (χ3n) is 4.95. The molecular weight excluding hydrogens is 374 g/mol. The van der Waals surface area contributed by atoms with Crippen LogP contribution in [0.1, 0.15) is 31.7 Å². The van der Waals surface area contributed by atoms with Crippen molar-refractivity contribution in [1.29, 1.82) is 0 Å². The second-order valence-electron chi connectivity index (χ2n) is 7.44. The van der Waals surface area contributed by atoms with Gasteiger partial charge in [0.1, 0.15) is 12.9 Å². The minimum Gasteiger partial charge on any atom is -0.493 e. The summed E-state index contributed by atoms with van der Waals surface area (Å²) >= 11 is 0. The van der Waals surface area contributed by atoms with Crippen LogP contribution in [0.2, 0.25) is 0 Å². The van der Waals surface area contributed by atoms with Gasteiger partial charge in [0, 0.05) is 42.8 Å². The Kier molecular flexibility index (Phi) is 5.01. The molecule has 1 aliphatic heterocycles. The second-order valence-corrected chi connectivity index (χ2v) is 7.44. The van der Waals surface area contributed by atoms with Gasteiger partial charge < -0.3 is 15.1 Å². The number of aliphatic hydroxyl groups is 1. The van der Waals surface area contributed by atoms with E-state index in [1.807, 2.05) is 13.8 Å². The minimum atomic E-state index is -0.452. The molecule has 152 valence electrons. The first kappa shape index (κ1) is 19.1. The van der Waals surface area contributed by atoms with Crippen LogP contribution in [0.5, 0.6) is 5.88 Å². The Hall–Kier alpha value is -3.27. The van der Waals surface area contributed by atoms with E-state index in [1.165, 1.54) is 0 Å². The third kappa shape index (κ3) is 3.83. The molecule has 1 fully saturated rings. The minimum absolute atomic E-state index is 0.0158. The van der Waals surface area contributed by atoms with Crippen molar-refractivity contribution in [2.45, 2.75) is 38.8 Å². The molecule has 4 rings (SSSR count). The van der Waals surface area contributed by atoms with Gasteiger partial charge in [0.25, 0.3) is 0 Å². The first-order valence-electron chi connectivity index (χ1n) is 9.50. The van der Waals surface area contributed by atoms with Gasteiger partial charge in [-0.15, -0.1) is 0 Å². The number of likely N-dealkylation sites (tertiary alicyclic amines) is 1. The lowest BCUT2D eigenvalue weighted by Gasteiger charge is -2.15. The third-order valence-corrected chi connectivity index (χ3v) is 4.95. The zero-order chi connectivity index (χ0) is 20.5. The molecule has 10 nitrogen and oxygen atoms in total. The Labute approximate surface area is 167 Å². The summed E-state index contributed by atoms with van der Waals surface area (Å²) in [6.45, 7) is 4.89. The molecule has 0 saturated carbocycles. The SMILES string of the molecule is CC(C)c1c(O)nc(-n2ccnc2)nc1-c1cnn(CC(=O)N2CCC(O)C2)c1. The van der Waals surface area contributed by atoms with Crippen molar-refractivity contribution in [3.05, 3.63) is 36.7 Å². The van der Waals surface area contributed by atoms with Crippen molar-refractivity contribution in [3.63, 3.8) is 0 Å². The maximum Gasteiger partial charge on any atom is 0.244 e. The van der Waals surface area contributed by atoms with E-state index in [4.69, 9.17) is 0 Å². The number of hydrogen-bond donors (Lipinski definition) is 2. The number of rotatable bonds is 5. The van der Waals surface area contributed by atoms with Crippen LogP contribution >= 0.6 is 0 Å². The Morgan fingerprint density at radius 1 is 1.34 bits per heavy atom. The fourth-order valence-corrected chi connectivity index (χ4v) is 3.47. The summed E-state index contributed by atoms with van der Waals surface area (Å²) in [4.78, 5) is 26.9. The van der Waals surface area contributed by atoms with Gasteiger partial charge in [0.15, 0.2) is 0 Å². The number of aliphatic hydroxyl groups excluding tert-OH is 1. The van der Waals surface area contributed by atoms with E-state index >= 15 is 0 Å². The van der Waals surface area contributed by atoms with E-state index in [2.05, 4.69) is 20.1 Å². The van der Waals surface area contributed by atoms with Crippen LogP contribution in [0.15, 0.2) is 31.1 Å². The van der Waals surface area contributed by atoms with Crippen LogP contribution < -0.4 is 0 Å². The summed E-state index contributed by atoms with van der Waals surface area (Å²) in [7, 11) is 0. The molecule has 10 heteroatoms. The molecular formula is C19H23N7O3. The van der Waals surface area contributed by atoms with Gasteiger partial charge in [-0.1, -0.05) is 13.8 Å². The highest BCUT2D eigenvalue weighted by atomic mass is 16.3. The van der Waals surface area contributed by atoms with E-state index in [-0.39, 0.29) is 24.2 Å². The Morgan fingerprint density at radius 2 is 2.17 bits per heavy atom. The van der Waals surface area contributed by atoms with E-state index in [0.717, 1.165) is 0 Å². The summed E-state index contributed by atoms with van der Waals surface area (Å²) in [5.74, 6) is 0.0979. The van der Waals surface area contributed by atoms with Crippen molar-refractivity contribution in [3.8, 4) is 23.1 Å². The van der Waals surface area contributed by atoms with Crippen LogP contribution in [0.25, 0.3) is 17.2 Å². The van der Waals surface area contributed by atoms with Crippen molar-refractivity contribution in [2.24, 2.45) is 0 Å². The number of carbonyl (C=O) groups excluding carboxylic acids is 1. The van der Waals surface area contributed by atoms with Crippen LogP contribution in [0.3, 0.4) is 0 Å². The van der Waals surface area contributed by atoms with Crippen LogP contribution in [0, 0.1) is 0 Å². The Morgan fingerprint density at radius 3 is 2.83 bits per heavy atom. The van der Waals surface area contributed by atoms with Crippen molar-refractivity contribution in [2.75, 3.05) is 13.1 Å². The number of β-amino-alcohol motifs (C(OH)–C–C–N with tert-alkyl or cyclic N) is 1. The summed E-state index contributed by atoms with van der Waals surface area (Å²) in [5, 5.41) is 24.4. The average molecular weight is 397 g/mol. The molecule has 1 aliphatic rings. The number of carbonyl (C=O) groups is 1. The van der Waals surface area contributed by atoms with Crippen molar-refractivity contribution >= 4 is 5.91 Å². The average Bonchev–Trinajstić information content (AvgIpc) is 3.42. The fraction of sp³-hybridized carbons (Fsp3) is 0.421. The number of hydrogen-bond acceptors (Lipinski definition) is 7. The van der Waals surface area contributed by atoms with Gasteiger partial charge >= 0.3 is 0 Å². The number of aromatic hydroxyl groups is 1. The number of nitrogens with zero attached hydrogens (tertiary/aromatic N) is 7. The smallest absolute Gasteiger partial charge is 0.244 e. The normalized spacial score (nSPS) is 16.7. The van der Waals surface area contributed by atoms with Gasteiger partial charge in [0.05, 0.1) is 18.0 Å². The van der Waals surface area contributed by atoms with Crippen LogP contribution in [-0.4, -0.2) is 69.5 Å². The summed E-state index contributed by atoms with van der Waals surface area (Å²) in [6, 6.07) is 0. The molecule has 0 radical (unpaired) electrons. The molecule has 0 aromatic carbocycles. The lowest BCUT2D eigenvalue weighted by Crippen LogP contribution is -2.32. The molecule has 29 heavy (non-hydrogen) atoms. The second kappa shape index (κ2) is 7.63. The summed E-state index contributed by atoms with van der Waals surface area (Å²) in [5.41, 5.74) is 1.86. The van der Waals surface area contributed by atoms with E-state index in [1.54, 1.807) is 45.3 Å². The zero-order valence-corrected chi connectivity index (χ0v) is 16.3. The monoisotopic (exact) mass is 397 g/mol. The molecule has 4 heterocycles. The highest BCUT2D eigenvalue weighted by Crippen LogP contribution is 2.33. The van der Waals surface area contributed by atoms with Crippen molar-refractivity contribution < 1.29 is 15.0 Å². The number of imidazole rings is 1. The predicted molar refractivity (Wildman–Crippen MR) is 103 cm³/mol.